The molecule has 0 saturated carbocycles. The second-order valence-corrected chi connectivity index (χ2v) is 8.40. The molecule has 5 heteroatoms. The lowest BCUT2D eigenvalue weighted by molar-refractivity contribution is 0.138. The zero-order chi connectivity index (χ0) is 20.8. The molecule has 0 aliphatic heterocycles. The summed E-state index contributed by atoms with van der Waals surface area (Å²) in [6.45, 7) is 0.307. The van der Waals surface area contributed by atoms with Crippen LogP contribution in [0, 0.1) is 0 Å². The fraction of sp³-hybridized carbons (Fsp3) is 0.240. The van der Waals surface area contributed by atoms with Crippen molar-refractivity contribution in [2.75, 3.05) is 19.0 Å². The van der Waals surface area contributed by atoms with E-state index in [4.69, 9.17) is 4.74 Å². The van der Waals surface area contributed by atoms with Gasteiger partial charge in [-0.15, -0.1) is 11.8 Å². The number of aliphatic hydroxyl groups excluding tert-OH is 1. The monoisotopic (exact) mass is 419 g/mol. The minimum atomic E-state index is -0.441. The molecule has 0 unspecified atom stereocenters. The molecule has 3 aromatic carbocycles. The Bertz CT molecular complexity index is 947. The van der Waals surface area contributed by atoms with E-state index in [2.05, 4.69) is 29.6 Å². The summed E-state index contributed by atoms with van der Waals surface area (Å²) < 4.78 is 5.63. The molecule has 0 saturated heterocycles. The van der Waals surface area contributed by atoms with Crippen molar-refractivity contribution in [3.63, 3.8) is 0 Å². The highest BCUT2D eigenvalue weighted by Gasteiger charge is 2.29. The second kappa shape index (κ2) is 9.83. The molecule has 2 N–H and O–H groups in total. The molecule has 4 nitrogen and oxygen atoms in total. The van der Waals surface area contributed by atoms with Gasteiger partial charge in [0.1, 0.15) is 6.61 Å². The number of ether oxygens (including phenoxy) is 1. The van der Waals surface area contributed by atoms with E-state index in [0.29, 0.717) is 12.2 Å². The summed E-state index contributed by atoms with van der Waals surface area (Å²) in [4.78, 5) is 13.6. The first kappa shape index (κ1) is 20.5. The van der Waals surface area contributed by atoms with Gasteiger partial charge < -0.3 is 15.2 Å². The first-order valence-electron chi connectivity index (χ1n) is 10.2. The summed E-state index contributed by atoms with van der Waals surface area (Å²) >= 11 is 1.65. The van der Waals surface area contributed by atoms with Crippen molar-refractivity contribution in [2.45, 2.75) is 23.3 Å². The zero-order valence-corrected chi connectivity index (χ0v) is 17.5. The predicted molar refractivity (Wildman–Crippen MR) is 121 cm³/mol. The van der Waals surface area contributed by atoms with Gasteiger partial charge in [-0.2, -0.15) is 0 Å². The Morgan fingerprint density at radius 3 is 2.17 bits per heavy atom. The fourth-order valence-corrected chi connectivity index (χ4v) is 4.87. The van der Waals surface area contributed by atoms with Crippen molar-refractivity contribution in [2.24, 2.45) is 0 Å². The van der Waals surface area contributed by atoms with Gasteiger partial charge in [-0.25, -0.2) is 4.79 Å². The molecule has 1 aliphatic carbocycles. The van der Waals surface area contributed by atoms with Gasteiger partial charge in [-0.05, 0) is 40.8 Å². The van der Waals surface area contributed by atoms with E-state index in [0.717, 1.165) is 4.90 Å². The van der Waals surface area contributed by atoms with E-state index in [1.807, 2.05) is 54.6 Å². The highest BCUT2D eigenvalue weighted by molar-refractivity contribution is 7.99. The fourth-order valence-electron chi connectivity index (χ4n) is 3.87. The van der Waals surface area contributed by atoms with Crippen LogP contribution in [0.3, 0.4) is 0 Å². The van der Waals surface area contributed by atoms with Gasteiger partial charge in [0.05, 0.1) is 0 Å². The van der Waals surface area contributed by atoms with Crippen LogP contribution in [-0.4, -0.2) is 36.2 Å². The lowest BCUT2D eigenvalue weighted by Gasteiger charge is -2.19. The van der Waals surface area contributed by atoms with Crippen LogP contribution in [0.4, 0.5) is 4.79 Å². The van der Waals surface area contributed by atoms with Crippen molar-refractivity contribution >= 4 is 17.9 Å². The minimum Gasteiger partial charge on any atom is -0.449 e. The maximum absolute atomic E-state index is 12.5. The molecular weight excluding hydrogens is 394 g/mol. The van der Waals surface area contributed by atoms with Crippen LogP contribution in [0.1, 0.15) is 23.5 Å². The lowest BCUT2D eigenvalue weighted by Crippen LogP contribution is -2.38. The van der Waals surface area contributed by atoms with Gasteiger partial charge >= 0.3 is 6.09 Å². The molecule has 0 radical (unpaired) electrons. The smallest absolute Gasteiger partial charge is 0.407 e. The Morgan fingerprint density at radius 2 is 1.53 bits per heavy atom. The summed E-state index contributed by atoms with van der Waals surface area (Å²) in [5.74, 6) is 0.715. The molecule has 1 atom stereocenters. The summed E-state index contributed by atoms with van der Waals surface area (Å²) in [5, 5.41) is 12.3. The number of carbonyl (C=O) groups is 1. The maximum atomic E-state index is 12.5. The summed E-state index contributed by atoms with van der Waals surface area (Å²) in [6.07, 6.45) is 0.0493. The van der Waals surface area contributed by atoms with Crippen LogP contribution >= 0.6 is 11.8 Å². The Hall–Kier alpha value is -2.76. The number of aliphatic hydroxyl groups is 1. The molecule has 154 valence electrons. The third-order valence-corrected chi connectivity index (χ3v) is 6.51. The molecular formula is C25H25NO3S. The van der Waals surface area contributed by atoms with Crippen molar-refractivity contribution in [3.05, 3.63) is 90.0 Å². The molecule has 4 rings (SSSR count). The number of hydrogen-bond donors (Lipinski definition) is 2. The van der Waals surface area contributed by atoms with Crippen LogP contribution in [0.5, 0.6) is 0 Å². The Morgan fingerprint density at radius 1 is 0.933 bits per heavy atom. The number of rotatable bonds is 8. The van der Waals surface area contributed by atoms with E-state index in [-0.39, 0.29) is 25.2 Å². The molecule has 0 heterocycles. The predicted octanol–water partition coefficient (Wildman–Crippen LogP) is 5.07. The van der Waals surface area contributed by atoms with Crippen LogP contribution < -0.4 is 5.32 Å². The van der Waals surface area contributed by atoms with E-state index in [1.165, 1.54) is 22.3 Å². The Labute approximate surface area is 181 Å². The summed E-state index contributed by atoms with van der Waals surface area (Å²) in [7, 11) is 0. The minimum absolute atomic E-state index is 0.0175. The topological polar surface area (TPSA) is 58.6 Å². The molecule has 0 aromatic heterocycles. The van der Waals surface area contributed by atoms with Crippen LogP contribution in [0.2, 0.25) is 0 Å². The number of alkyl carbamates (subject to hydrolysis) is 1. The number of hydrogen-bond acceptors (Lipinski definition) is 4. The molecule has 1 amide bonds. The largest absolute Gasteiger partial charge is 0.449 e. The number of amides is 1. The van der Waals surface area contributed by atoms with Crippen molar-refractivity contribution in [1.82, 2.24) is 5.32 Å². The first-order chi connectivity index (χ1) is 14.8. The third kappa shape index (κ3) is 4.69. The summed E-state index contributed by atoms with van der Waals surface area (Å²) in [5.41, 5.74) is 4.80. The summed E-state index contributed by atoms with van der Waals surface area (Å²) in [6, 6.07) is 26.4. The average Bonchev–Trinajstić information content (AvgIpc) is 3.11. The lowest BCUT2D eigenvalue weighted by atomic mass is 9.98. The van der Waals surface area contributed by atoms with E-state index < -0.39 is 6.09 Å². The van der Waals surface area contributed by atoms with Gasteiger partial charge in [0.2, 0.25) is 0 Å². The van der Waals surface area contributed by atoms with Crippen LogP contribution in [0.25, 0.3) is 11.1 Å². The zero-order valence-electron chi connectivity index (χ0n) is 16.7. The Balaban J connectivity index is 1.36. The molecule has 0 bridgehead atoms. The molecule has 30 heavy (non-hydrogen) atoms. The molecule has 0 spiro atoms. The average molecular weight is 420 g/mol. The highest BCUT2D eigenvalue weighted by Crippen LogP contribution is 2.44. The van der Waals surface area contributed by atoms with Gasteiger partial charge in [-0.3, -0.25) is 0 Å². The van der Waals surface area contributed by atoms with Crippen molar-refractivity contribution in [3.8, 4) is 11.1 Å². The molecule has 3 aromatic rings. The molecule has 0 fully saturated rings. The second-order valence-electron chi connectivity index (χ2n) is 7.30. The van der Waals surface area contributed by atoms with E-state index in [1.54, 1.807) is 11.8 Å². The first-order valence-corrected chi connectivity index (χ1v) is 11.1. The van der Waals surface area contributed by atoms with Gasteiger partial charge in [0, 0.05) is 29.2 Å². The quantitative estimate of drug-likeness (QED) is 0.501. The standard InChI is InChI=1S/C25H25NO3S/c27-15-14-18(17-30-19-8-2-1-3-9-19)26-25(28)29-16-24-22-12-6-4-10-20(22)21-11-5-7-13-23(21)24/h1-13,18,24,27H,14-17H2,(H,26,28)/t18-/m1/s1. The number of nitrogens with one attached hydrogen (secondary N) is 1. The van der Waals surface area contributed by atoms with E-state index in [9.17, 15) is 9.90 Å². The normalized spacial score (nSPS) is 13.4. The Kier molecular flexibility index (Phi) is 6.72. The van der Waals surface area contributed by atoms with Crippen molar-refractivity contribution in [1.29, 1.82) is 0 Å². The highest BCUT2D eigenvalue weighted by atomic mass is 32.2. The number of benzene rings is 3. The maximum Gasteiger partial charge on any atom is 0.407 e. The number of carbonyl (C=O) groups excluding carboxylic acids is 1. The number of thioether (sulfide) groups is 1. The number of fused-ring (bicyclic) bond motifs is 3. The van der Waals surface area contributed by atoms with Crippen LogP contribution in [0.15, 0.2) is 83.8 Å². The van der Waals surface area contributed by atoms with Gasteiger partial charge in [-0.1, -0.05) is 66.7 Å². The van der Waals surface area contributed by atoms with Gasteiger partial charge in [0.15, 0.2) is 0 Å². The SMILES string of the molecule is O=C(N[C@H](CCO)CSc1ccccc1)OCC1c2ccccc2-c2ccccc21. The van der Waals surface area contributed by atoms with Crippen molar-refractivity contribution < 1.29 is 14.6 Å². The van der Waals surface area contributed by atoms with Crippen LogP contribution in [-0.2, 0) is 4.74 Å². The van der Waals surface area contributed by atoms with E-state index >= 15 is 0 Å². The molecule has 1 aliphatic rings. The third-order valence-electron chi connectivity index (χ3n) is 5.34. The van der Waals surface area contributed by atoms with Gasteiger partial charge in [0.25, 0.3) is 0 Å².